The molecule has 1 unspecified atom stereocenters. The van der Waals surface area contributed by atoms with Crippen LogP contribution in [0.4, 0.5) is 0 Å². The average Bonchev–Trinajstić information content (AvgIpc) is 2.85. The molecule has 1 amide bonds. The highest BCUT2D eigenvalue weighted by Gasteiger charge is 2.26. The zero-order chi connectivity index (χ0) is 18.4. The van der Waals surface area contributed by atoms with Crippen LogP contribution < -0.4 is 9.46 Å². The van der Waals surface area contributed by atoms with E-state index >= 15 is 0 Å². The SMILES string of the molecule is CCOc1ccc(S(=O)(=O)NC(C)C(=O)N2CCCCCC2)cc1C. The van der Waals surface area contributed by atoms with E-state index in [0.717, 1.165) is 31.2 Å². The summed E-state index contributed by atoms with van der Waals surface area (Å²) in [4.78, 5) is 14.5. The lowest BCUT2D eigenvalue weighted by Crippen LogP contribution is -2.47. The average molecular weight is 368 g/mol. The van der Waals surface area contributed by atoms with Crippen LogP contribution in [0, 0.1) is 6.92 Å². The Morgan fingerprint density at radius 1 is 1.24 bits per heavy atom. The number of nitrogens with one attached hydrogen (secondary N) is 1. The molecule has 140 valence electrons. The first-order valence-corrected chi connectivity index (χ1v) is 10.4. The molecule has 1 saturated heterocycles. The van der Waals surface area contributed by atoms with Crippen LogP contribution in [0.1, 0.15) is 45.1 Å². The summed E-state index contributed by atoms with van der Waals surface area (Å²) < 4.78 is 33.1. The fourth-order valence-electron chi connectivity index (χ4n) is 3.02. The lowest BCUT2D eigenvalue weighted by atomic mass is 10.2. The number of benzene rings is 1. The molecule has 1 aliphatic heterocycles. The molecule has 1 fully saturated rings. The van der Waals surface area contributed by atoms with Gasteiger partial charge in [0.05, 0.1) is 17.5 Å². The molecule has 0 aliphatic carbocycles. The molecule has 0 aromatic heterocycles. The number of hydrogen-bond donors (Lipinski definition) is 1. The largest absolute Gasteiger partial charge is 0.494 e. The van der Waals surface area contributed by atoms with Crippen molar-refractivity contribution in [3.8, 4) is 5.75 Å². The number of carbonyl (C=O) groups excluding carboxylic acids is 1. The Kier molecular flexibility index (Phi) is 6.84. The topological polar surface area (TPSA) is 75.7 Å². The molecular formula is C18H28N2O4S. The molecule has 7 heteroatoms. The van der Waals surface area contributed by atoms with Gasteiger partial charge in [-0.1, -0.05) is 12.8 Å². The van der Waals surface area contributed by atoms with Gasteiger partial charge in [-0.2, -0.15) is 4.72 Å². The van der Waals surface area contributed by atoms with Gasteiger partial charge in [0, 0.05) is 13.1 Å². The zero-order valence-electron chi connectivity index (χ0n) is 15.2. The summed E-state index contributed by atoms with van der Waals surface area (Å²) in [5.74, 6) is 0.503. The molecule has 0 bridgehead atoms. The fourth-order valence-corrected chi connectivity index (χ4v) is 4.30. The number of sulfonamides is 1. The molecule has 1 aromatic rings. The molecular weight excluding hydrogens is 340 g/mol. The van der Waals surface area contributed by atoms with Crippen LogP contribution in [0.15, 0.2) is 23.1 Å². The van der Waals surface area contributed by atoms with Crippen molar-refractivity contribution in [1.82, 2.24) is 9.62 Å². The van der Waals surface area contributed by atoms with Gasteiger partial charge in [0.15, 0.2) is 0 Å². The van der Waals surface area contributed by atoms with Crippen molar-refractivity contribution >= 4 is 15.9 Å². The summed E-state index contributed by atoms with van der Waals surface area (Å²) >= 11 is 0. The first-order chi connectivity index (χ1) is 11.8. The molecule has 1 heterocycles. The van der Waals surface area contributed by atoms with Crippen molar-refractivity contribution in [2.24, 2.45) is 0 Å². The van der Waals surface area contributed by atoms with Crippen LogP contribution in [0.2, 0.25) is 0 Å². The monoisotopic (exact) mass is 368 g/mol. The lowest BCUT2D eigenvalue weighted by Gasteiger charge is -2.24. The number of nitrogens with zero attached hydrogens (tertiary/aromatic N) is 1. The number of aryl methyl sites for hydroxylation is 1. The predicted octanol–water partition coefficient (Wildman–Crippen LogP) is 2.46. The van der Waals surface area contributed by atoms with Gasteiger partial charge in [-0.3, -0.25) is 4.79 Å². The third-order valence-corrected chi connectivity index (χ3v) is 5.92. The van der Waals surface area contributed by atoms with Gasteiger partial charge < -0.3 is 9.64 Å². The second-order valence-electron chi connectivity index (χ2n) is 6.44. The molecule has 0 saturated carbocycles. The Balaban J connectivity index is 2.09. The van der Waals surface area contributed by atoms with E-state index in [0.29, 0.717) is 25.4 Å². The lowest BCUT2D eigenvalue weighted by molar-refractivity contribution is -0.132. The minimum Gasteiger partial charge on any atom is -0.494 e. The van der Waals surface area contributed by atoms with E-state index < -0.39 is 16.1 Å². The van der Waals surface area contributed by atoms with Gasteiger partial charge in [0.25, 0.3) is 0 Å². The van der Waals surface area contributed by atoms with E-state index in [9.17, 15) is 13.2 Å². The van der Waals surface area contributed by atoms with Crippen molar-refractivity contribution in [3.63, 3.8) is 0 Å². The third kappa shape index (κ3) is 5.19. The van der Waals surface area contributed by atoms with Gasteiger partial charge in [-0.05, 0) is 57.4 Å². The highest BCUT2D eigenvalue weighted by molar-refractivity contribution is 7.89. The van der Waals surface area contributed by atoms with Crippen molar-refractivity contribution in [1.29, 1.82) is 0 Å². The first kappa shape index (κ1) is 19.7. The zero-order valence-corrected chi connectivity index (χ0v) is 16.1. The van der Waals surface area contributed by atoms with Gasteiger partial charge >= 0.3 is 0 Å². The van der Waals surface area contributed by atoms with Crippen LogP contribution >= 0.6 is 0 Å². The Morgan fingerprint density at radius 3 is 2.44 bits per heavy atom. The number of hydrogen-bond acceptors (Lipinski definition) is 4. The number of likely N-dealkylation sites (tertiary alicyclic amines) is 1. The maximum absolute atomic E-state index is 12.6. The van der Waals surface area contributed by atoms with Crippen LogP contribution in [-0.2, 0) is 14.8 Å². The third-order valence-electron chi connectivity index (χ3n) is 4.38. The van der Waals surface area contributed by atoms with Crippen molar-refractivity contribution in [2.45, 2.75) is 57.4 Å². The van der Waals surface area contributed by atoms with Crippen LogP contribution in [0.3, 0.4) is 0 Å². The molecule has 25 heavy (non-hydrogen) atoms. The summed E-state index contributed by atoms with van der Waals surface area (Å²) in [5, 5.41) is 0. The number of carbonyl (C=O) groups is 1. The normalized spacial score (nSPS) is 17.0. The van der Waals surface area contributed by atoms with Crippen molar-refractivity contribution < 1.29 is 17.9 Å². The minimum absolute atomic E-state index is 0.143. The Bertz CT molecular complexity index is 695. The smallest absolute Gasteiger partial charge is 0.241 e. The molecule has 0 spiro atoms. The fraction of sp³-hybridized carbons (Fsp3) is 0.611. The summed E-state index contributed by atoms with van der Waals surface area (Å²) in [6.45, 7) is 7.20. The molecule has 1 atom stereocenters. The number of rotatable bonds is 6. The highest BCUT2D eigenvalue weighted by Crippen LogP contribution is 2.22. The maximum Gasteiger partial charge on any atom is 0.241 e. The number of amides is 1. The van der Waals surface area contributed by atoms with Crippen LogP contribution in [0.5, 0.6) is 5.75 Å². The van der Waals surface area contributed by atoms with Gasteiger partial charge in [-0.25, -0.2) is 8.42 Å². The van der Waals surface area contributed by atoms with E-state index in [1.165, 1.54) is 6.07 Å². The summed E-state index contributed by atoms with van der Waals surface area (Å²) in [6.07, 6.45) is 4.19. The molecule has 1 N–H and O–H groups in total. The number of ether oxygens (including phenoxy) is 1. The molecule has 2 rings (SSSR count). The summed E-state index contributed by atoms with van der Waals surface area (Å²) in [5.41, 5.74) is 0.747. The van der Waals surface area contributed by atoms with Gasteiger partial charge in [-0.15, -0.1) is 0 Å². The van der Waals surface area contributed by atoms with Gasteiger partial charge in [0.1, 0.15) is 5.75 Å². The molecule has 1 aromatic carbocycles. The van der Waals surface area contributed by atoms with E-state index in [2.05, 4.69) is 4.72 Å². The van der Waals surface area contributed by atoms with Gasteiger partial charge in [0.2, 0.25) is 15.9 Å². The second kappa shape index (κ2) is 8.67. The second-order valence-corrected chi connectivity index (χ2v) is 8.16. The first-order valence-electron chi connectivity index (χ1n) is 8.89. The minimum atomic E-state index is -3.76. The highest BCUT2D eigenvalue weighted by atomic mass is 32.2. The molecule has 6 nitrogen and oxygen atoms in total. The Hall–Kier alpha value is -1.60. The summed E-state index contributed by atoms with van der Waals surface area (Å²) in [7, 11) is -3.76. The quantitative estimate of drug-likeness (QED) is 0.837. The van der Waals surface area contributed by atoms with E-state index in [1.54, 1.807) is 30.9 Å². The van der Waals surface area contributed by atoms with E-state index in [4.69, 9.17) is 4.74 Å². The van der Waals surface area contributed by atoms with Crippen molar-refractivity contribution in [2.75, 3.05) is 19.7 Å². The molecule has 0 radical (unpaired) electrons. The molecule has 1 aliphatic rings. The van der Waals surface area contributed by atoms with E-state index in [1.807, 2.05) is 6.92 Å². The van der Waals surface area contributed by atoms with Crippen molar-refractivity contribution in [3.05, 3.63) is 23.8 Å². The van der Waals surface area contributed by atoms with E-state index in [-0.39, 0.29) is 10.8 Å². The Labute approximate surface area is 150 Å². The standard InChI is InChI=1S/C18H28N2O4S/c1-4-24-17-10-9-16(13-14(17)2)25(22,23)19-15(3)18(21)20-11-7-5-6-8-12-20/h9-10,13,15,19H,4-8,11-12H2,1-3H3. The summed E-state index contributed by atoms with van der Waals surface area (Å²) in [6, 6.07) is 3.93. The Morgan fingerprint density at radius 2 is 1.88 bits per heavy atom. The predicted molar refractivity (Wildman–Crippen MR) is 97.2 cm³/mol. The maximum atomic E-state index is 12.6. The van der Waals surface area contributed by atoms with Crippen LogP contribution in [0.25, 0.3) is 0 Å². The van der Waals surface area contributed by atoms with Crippen LogP contribution in [-0.4, -0.2) is 45.0 Å².